The highest BCUT2D eigenvalue weighted by Gasteiger charge is 2.14. The highest BCUT2D eigenvalue weighted by Crippen LogP contribution is 2.13. The minimum atomic E-state index is -0.172. The van der Waals surface area contributed by atoms with Crippen molar-refractivity contribution in [2.24, 2.45) is 5.92 Å². The molecule has 2 atom stereocenters. The molecule has 4 heteroatoms. The van der Waals surface area contributed by atoms with E-state index in [0.717, 1.165) is 6.42 Å². The molecule has 0 aromatic heterocycles. The smallest absolute Gasteiger partial charge is 0.258 e. The van der Waals surface area contributed by atoms with Crippen LogP contribution in [0.2, 0.25) is 0 Å². The Morgan fingerprint density at radius 1 is 1.42 bits per heavy atom. The molecule has 0 aliphatic rings. The van der Waals surface area contributed by atoms with Crippen LogP contribution in [0, 0.1) is 5.92 Å². The van der Waals surface area contributed by atoms with E-state index in [1.165, 1.54) is 5.56 Å². The van der Waals surface area contributed by atoms with Gasteiger partial charge in [0.2, 0.25) is 0 Å². The van der Waals surface area contributed by atoms with Crippen LogP contribution in [0.4, 0.5) is 0 Å². The number of aryl methyl sites for hydroxylation is 1. The summed E-state index contributed by atoms with van der Waals surface area (Å²) in [5.74, 6) is 0.569. The molecule has 1 rings (SSSR count). The summed E-state index contributed by atoms with van der Waals surface area (Å²) in [5, 5.41) is 11.8. The average Bonchev–Trinajstić information content (AvgIpc) is 2.44. The second kappa shape index (κ2) is 7.79. The third-order valence-electron chi connectivity index (χ3n) is 3.21. The lowest BCUT2D eigenvalue weighted by Gasteiger charge is -2.19. The molecular weight excluding hydrogens is 242 g/mol. The third kappa shape index (κ3) is 5.30. The third-order valence-corrected chi connectivity index (χ3v) is 3.21. The van der Waals surface area contributed by atoms with Crippen molar-refractivity contribution < 1.29 is 14.6 Å². The molecule has 0 spiro atoms. The summed E-state index contributed by atoms with van der Waals surface area (Å²) in [6.45, 7) is 5.88. The van der Waals surface area contributed by atoms with Crippen molar-refractivity contribution in [3.8, 4) is 5.75 Å². The minimum Gasteiger partial charge on any atom is -0.484 e. The van der Waals surface area contributed by atoms with Gasteiger partial charge in [-0.3, -0.25) is 4.79 Å². The van der Waals surface area contributed by atoms with E-state index < -0.39 is 0 Å². The van der Waals surface area contributed by atoms with Gasteiger partial charge in [-0.25, -0.2) is 0 Å². The van der Waals surface area contributed by atoms with Crippen LogP contribution >= 0.6 is 0 Å². The lowest BCUT2D eigenvalue weighted by Crippen LogP contribution is -2.40. The lowest BCUT2D eigenvalue weighted by molar-refractivity contribution is -0.124. The SMILES string of the molecule is CCc1cccc(OCC(=O)NC(C)C(C)CO)c1. The molecule has 1 aromatic carbocycles. The van der Waals surface area contributed by atoms with Gasteiger partial charge < -0.3 is 15.2 Å². The van der Waals surface area contributed by atoms with Crippen LogP contribution < -0.4 is 10.1 Å². The van der Waals surface area contributed by atoms with E-state index in [-0.39, 0.29) is 31.1 Å². The number of carbonyl (C=O) groups excluding carboxylic acids is 1. The summed E-state index contributed by atoms with van der Waals surface area (Å²) >= 11 is 0. The van der Waals surface area contributed by atoms with E-state index in [9.17, 15) is 4.79 Å². The van der Waals surface area contributed by atoms with Gasteiger partial charge >= 0.3 is 0 Å². The molecule has 0 heterocycles. The monoisotopic (exact) mass is 265 g/mol. The Labute approximate surface area is 114 Å². The summed E-state index contributed by atoms with van der Waals surface area (Å²) in [4.78, 5) is 11.7. The van der Waals surface area contributed by atoms with Crippen LogP contribution in [-0.2, 0) is 11.2 Å². The van der Waals surface area contributed by atoms with Crippen LogP contribution in [-0.4, -0.2) is 30.3 Å². The maximum atomic E-state index is 11.7. The molecule has 0 saturated heterocycles. The number of amides is 1. The number of aliphatic hydroxyl groups excluding tert-OH is 1. The van der Waals surface area contributed by atoms with E-state index in [4.69, 9.17) is 9.84 Å². The van der Waals surface area contributed by atoms with Gasteiger partial charge in [0, 0.05) is 12.6 Å². The molecule has 0 fully saturated rings. The number of aliphatic hydroxyl groups is 1. The molecule has 0 saturated carbocycles. The van der Waals surface area contributed by atoms with Gasteiger partial charge in [-0.15, -0.1) is 0 Å². The van der Waals surface area contributed by atoms with Crippen LogP contribution in [0.1, 0.15) is 26.3 Å². The van der Waals surface area contributed by atoms with Gasteiger partial charge in [0.1, 0.15) is 5.75 Å². The van der Waals surface area contributed by atoms with E-state index in [0.29, 0.717) is 5.75 Å². The maximum Gasteiger partial charge on any atom is 0.258 e. The van der Waals surface area contributed by atoms with Crippen LogP contribution in [0.25, 0.3) is 0 Å². The van der Waals surface area contributed by atoms with Crippen molar-refractivity contribution in [1.29, 1.82) is 0 Å². The van der Waals surface area contributed by atoms with Crippen molar-refractivity contribution in [2.75, 3.05) is 13.2 Å². The molecule has 0 aliphatic heterocycles. The molecule has 0 bridgehead atoms. The van der Waals surface area contributed by atoms with Crippen molar-refractivity contribution in [1.82, 2.24) is 5.32 Å². The quantitative estimate of drug-likeness (QED) is 0.790. The molecule has 1 aromatic rings. The second-order valence-corrected chi connectivity index (χ2v) is 4.81. The molecule has 4 nitrogen and oxygen atoms in total. The Bertz CT molecular complexity index is 406. The summed E-state index contributed by atoms with van der Waals surface area (Å²) in [6, 6.07) is 7.66. The highest BCUT2D eigenvalue weighted by molar-refractivity contribution is 5.77. The molecule has 0 radical (unpaired) electrons. The van der Waals surface area contributed by atoms with E-state index >= 15 is 0 Å². The summed E-state index contributed by atoms with van der Waals surface area (Å²) < 4.78 is 5.45. The highest BCUT2D eigenvalue weighted by atomic mass is 16.5. The van der Waals surface area contributed by atoms with Gasteiger partial charge in [-0.2, -0.15) is 0 Å². The zero-order chi connectivity index (χ0) is 14.3. The van der Waals surface area contributed by atoms with Crippen LogP contribution in [0.5, 0.6) is 5.75 Å². The molecule has 106 valence electrons. The maximum absolute atomic E-state index is 11.7. The van der Waals surface area contributed by atoms with Gasteiger partial charge in [-0.1, -0.05) is 26.0 Å². The normalized spacial score (nSPS) is 13.7. The van der Waals surface area contributed by atoms with Gasteiger partial charge in [0.25, 0.3) is 5.91 Å². The predicted molar refractivity (Wildman–Crippen MR) is 75.2 cm³/mol. The first-order valence-corrected chi connectivity index (χ1v) is 6.68. The number of rotatable bonds is 7. The standard InChI is InChI=1S/C15H23NO3/c1-4-13-6-5-7-14(8-13)19-10-15(18)16-12(3)11(2)9-17/h5-8,11-12,17H,4,9-10H2,1-3H3,(H,16,18). The summed E-state index contributed by atoms with van der Waals surface area (Å²) in [7, 11) is 0. The molecule has 2 N–H and O–H groups in total. The first-order valence-electron chi connectivity index (χ1n) is 6.68. The zero-order valence-corrected chi connectivity index (χ0v) is 11.8. The van der Waals surface area contributed by atoms with Gasteiger partial charge in [0.15, 0.2) is 6.61 Å². The molecule has 1 amide bonds. The fourth-order valence-corrected chi connectivity index (χ4v) is 1.60. The lowest BCUT2D eigenvalue weighted by atomic mass is 10.1. The molecule has 2 unspecified atom stereocenters. The van der Waals surface area contributed by atoms with E-state index in [1.807, 2.05) is 38.1 Å². The van der Waals surface area contributed by atoms with Crippen LogP contribution in [0.15, 0.2) is 24.3 Å². The Morgan fingerprint density at radius 2 is 2.16 bits per heavy atom. The number of benzene rings is 1. The minimum absolute atomic E-state index is 0.00431. The van der Waals surface area contributed by atoms with Gasteiger partial charge in [0.05, 0.1) is 0 Å². The molecule has 0 aliphatic carbocycles. The van der Waals surface area contributed by atoms with Crippen molar-refractivity contribution in [3.63, 3.8) is 0 Å². The fraction of sp³-hybridized carbons (Fsp3) is 0.533. The predicted octanol–water partition coefficient (Wildman–Crippen LogP) is 1.76. The van der Waals surface area contributed by atoms with Crippen molar-refractivity contribution in [3.05, 3.63) is 29.8 Å². The number of hydrogen-bond donors (Lipinski definition) is 2. The number of carbonyl (C=O) groups is 1. The van der Waals surface area contributed by atoms with Crippen LogP contribution in [0.3, 0.4) is 0 Å². The van der Waals surface area contributed by atoms with Crippen molar-refractivity contribution >= 4 is 5.91 Å². The molecule has 19 heavy (non-hydrogen) atoms. The number of nitrogens with one attached hydrogen (secondary N) is 1. The fourth-order valence-electron chi connectivity index (χ4n) is 1.60. The van der Waals surface area contributed by atoms with E-state index in [1.54, 1.807) is 0 Å². The number of hydrogen-bond acceptors (Lipinski definition) is 3. The second-order valence-electron chi connectivity index (χ2n) is 4.81. The zero-order valence-electron chi connectivity index (χ0n) is 11.8. The largest absolute Gasteiger partial charge is 0.484 e. The Hall–Kier alpha value is -1.55. The Kier molecular flexibility index (Phi) is 6.36. The van der Waals surface area contributed by atoms with E-state index in [2.05, 4.69) is 12.2 Å². The number of ether oxygens (including phenoxy) is 1. The average molecular weight is 265 g/mol. The Balaban J connectivity index is 2.41. The van der Waals surface area contributed by atoms with Crippen molar-refractivity contribution in [2.45, 2.75) is 33.2 Å². The summed E-state index contributed by atoms with van der Waals surface area (Å²) in [6.07, 6.45) is 0.939. The Morgan fingerprint density at radius 3 is 2.79 bits per heavy atom. The topological polar surface area (TPSA) is 58.6 Å². The summed E-state index contributed by atoms with van der Waals surface area (Å²) in [5.41, 5.74) is 1.18. The first-order chi connectivity index (χ1) is 9.06. The first kappa shape index (κ1) is 15.5. The molecular formula is C15H23NO3. The van der Waals surface area contributed by atoms with Gasteiger partial charge in [-0.05, 0) is 37.0 Å².